The third-order valence-electron chi connectivity index (χ3n) is 1.86. The minimum Gasteiger partial charge on any atom is -1.00 e. The number of likely N-dealkylation sites (N-methyl/N-ethyl adjacent to an activating group) is 1. The molecule has 0 spiro atoms. The molecule has 82 valence electrons. The Morgan fingerprint density at radius 1 is 1.50 bits per heavy atom. The average molecular weight is 221 g/mol. The summed E-state index contributed by atoms with van der Waals surface area (Å²) in [7, 11) is 6.24. The number of nitrogen functional groups attached to an aromatic ring is 1. The number of H-pyrrole nitrogens is 1. The highest BCUT2D eigenvalue weighted by Crippen LogP contribution is 1.93. The minimum atomic E-state index is -0.131. The van der Waals surface area contributed by atoms with Gasteiger partial charge in [-0.25, -0.2) is 4.68 Å². The lowest BCUT2D eigenvalue weighted by molar-refractivity contribution is -0.871. The van der Waals surface area contributed by atoms with E-state index in [1.165, 1.54) is 10.9 Å². The zero-order chi connectivity index (χ0) is 10.1. The molecule has 0 aromatic carbocycles. The summed E-state index contributed by atoms with van der Waals surface area (Å²) in [6, 6.07) is 0. The van der Waals surface area contributed by atoms with Gasteiger partial charge >= 0.3 is 0 Å². The van der Waals surface area contributed by atoms with E-state index < -0.39 is 0 Å². The molecule has 0 saturated heterocycles. The van der Waals surface area contributed by atoms with Crippen LogP contribution in [0.1, 0.15) is 0 Å². The van der Waals surface area contributed by atoms with Crippen LogP contribution in [-0.2, 0) is 6.54 Å². The lowest BCUT2D eigenvalue weighted by Gasteiger charge is -2.23. The number of nitrogens with two attached hydrogens (primary N) is 1. The van der Waals surface area contributed by atoms with Crippen LogP contribution in [0, 0.1) is 0 Å². The summed E-state index contributed by atoms with van der Waals surface area (Å²) in [6.07, 6.45) is 1.53. The van der Waals surface area contributed by atoms with Crippen molar-refractivity contribution < 1.29 is 16.9 Å². The Labute approximate surface area is 89.5 Å². The first-order valence-electron chi connectivity index (χ1n) is 4.24. The maximum atomic E-state index is 11.3. The third-order valence-corrected chi connectivity index (χ3v) is 1.86. The maximum absolute atomic E-state index is 11.3. The third kappa shape index (κ3) is 3.43. The van der Waals surface area contributed by atoms with Crippen molar-refractivity contribution >= 4 is 5.69 Å². The second-order valence-corrected chi connectivity index (χ2v) is 4.20. The van der Waals surface area contributed by atoms with Gasteiger partial charge in [-0.3, -0.25) is 4.79 Å². The van der Waals surface area contributed by atoms with Crippen molar-refractivity contribution in [2.75, 3.05) is 33.4 Å². The van der Waals surface area contributed by atoms with Crippen LogP contribution in [0.25, 0.3) is 0 Å². The number of quaternary nitrogens is 1. The molecule has 0 amide bonds. The number of nitrogens with zero attached hydrogens (tertiary/aromatic N) is 2. The van der Waals surface area contributed by atoms with E-state index in [4.69, 9.17) is 5.73 Å². The van der Waals surface area contributed by atoms with Crippen LogP contribution in [0.4, 0.5) is 5.69 Å². The molecule has 0 bridgehead atoms. The first-order chi connectivity index (χ1) is 5.90. The molecule has 6 heteroatoms. The number of nitrogens with one attached hydrogen (secondary N) is 1. The summed E-state index contributed by atoms with van der Waals surface area (Å²) in [6.45, 7) is 1.55. The topological polar surface area (TPSA) is 63.8 Å². The van der Waals surface area contributed by atoms with Gasteiger partial charge in [-0.2, -0.15) is 0 Å². The van der Waals surface area contributed by atoms with Gasteiger partial charge in [0.15, 0.2) is 0 Å². The van der Waals surface area contributed by atoms with Gasteiger partial charge in [-0.1, -0.05) is 0 Å². The lowest BCUT2D eigenvalue weighted by atomic mass is 10.5. The summed E-state index contributed by atoms with van der Waals surface area (Å²) >= 11 is 0. The van der Waals surface area contributed by atoms with Crippen LogP contribution in [0.2, 0.25) is 0 Å². The lowest BCUT2D eigenvalue weighted by Crippen LogP contribution is -3.00. The molecule has 0 aliphatic carbocycles. The van der Waals surface area contributed by atoms with Gasteiger partial charge in [0, 0.05) is 6.20 Å². The van der Waals surface area contributed by atoms with E-state index >= 15 is 0 Å². The molecule has 5 nitrogen and oxygen atoms in total. The van der Waals surface area contributed by atoms with Crippen molar-refractivity contribution in [1.82, 2.24) is 9.78 Å². The van der Waals surface area contributed by atoms with Crippen LogP contribution < -0.4 is 23.7 Å². The van der Waals surface area contributed by atoms with Crippen molar-refractivity contribution in [3.05, 3.63) is 16.6 Å². The fourth-order valence-electron chi connectivity index (χ4n) is 0.990. The molecular formula is C8H17ClN4O. The molecule has 0 unspecified atom stereocenters. The number of hydrogen-bond acceptors (Lipinski definition) is 2. The summed E-state index contributed by atoms with van der Waals surface area (Å²) in [4.78, 5) is 11.3. The Bertz CT molecular complexity index is 336. The normalized spacial score (nSPS) is 11.1. The molecule has 0 fully saturated rings. The monoisotopic (exact) mass is 220 g/mol. The molecule has 0 atom stereocenters. The Kier molecular flexibility index (Phi) is 4.22. The van der Waals surface area contributed by atoms with E-state index in [9.17, 15) is 4.79 Å². The molecule has 0 aliphatic heterocycles. The Morgan fingerprint density at radius 3 is 2.43 bits per heavy atom. The molecule has 14 heavy (non-hydrogen) atoms. The zero-order valence-corrected chi connectivity index (χ0v) is 9.51. The quantitative estimate of drug-likeness (QED) is 0.519. The number of halogens is 1. The summed E-state index contributed by atoms with van der Waals surface area (Å²) in [5.74, 6) is 0. The Morgan fingerprint density at radius 2 is 2.07 bits per heavy atom. The minimum absolute atomic E-state index is 0. The summed E-state index contributed by atoms with van der Waals surface area (Å²) < 4.78 is 2.35. The van der Waals surface area contributed by atoms with Crippen LogP contribution >= 0.6 is 0 Å². The highest BCUT2D eigenvalue weighted by atomic mass is 35.5. The number of aromatic nitrogens is 2. The van der Waals surface area contributed by atoms with E-state index in [1.54, 1.807) is 0 Å². The standard InChI is InChI=1S/C8H16N4O.ClH/c1-12(2,3)5-4-11-8(13)7(9)6-10-11;/h6H,4-5,9H2,1-3H3;1H. The van der Waals surface area contributed by atoms with Gasteiger partial charge in [-0.05, 0) is 0 Å². The van der Waals surface area contributed by atoms with Crippen molar-refractivity contribution in [3.63, 3.8) is 0 Å². The van der Waals surface area contributed by atoms with Crippen molar-refractivity contribution in [3.8, 4) is 0 Å². The van der Waals surface area contributed by atoms with Crippen LogP contribution in [-0.4, -0.2) is 42.0 Å². The van der Waals surface area contributed by atoms with Gasteiger partial charge in [-0.15, -0.1) is 0 Å². The maximum Gasteiger partial charge on any atom is 0.289 e. The van der Waals surface area contributed by atoms with Crippen LogP contribution in [0.3, 0.4) is 0 Å². The average Bonchev–Trinajstić information content (AvgIpc) is 2.29. The first kappa shape index (κ1) is 13.1. The predicted octanol–water partition coefficient (Wildman–Crippen LogP) is -3.53. The fourth-order valence-corrected chi connectivity index (χ4v) is 0.990. The van der Waals surface area contributed by atoms with Gasteiger partial charge in [0.1, 0.15) is 5.69 Å². The molecule has 1 heterocycles. The second kappa shape index (κ2) is 4.52. The van der Waals surface area contributed by atoms with E-state index in [0.29, 0.717) is 6.54 Å². The number of rotatable bonds is 3. The van der Waals surface area contributed by atoms with Gasteiger partial charge < -0.3 is 27.7 Å². The molecule has 3 N–H and O–H groups in total. The van der Waals surface area contributed by atoms with E-state index in [2.05, 4.69) is 26.2 Å². The van der Waals surface area contributed by atoms with Crippen molar-refractivity contribution in [1.29, 1.82) is 0 Å². The van der Waals surface area contributed by atoms with Gasteiger partial charge in [0.2, 0.25) is 0 Å². The number of hydrogen-bond donors (Lipinski definition) is 2. The molecule has 1 rings (SSSR count). The summed E-state index contributed by atoms with van der Waals surface area (Å²) in [5, 5.41) is 2.82. The van der Waals surface area contributed by atoms with E-state index in [1.807, 2.05) is 0 Å². The van der Waals surface area contributed by atoms with Gasteiger partial charge in [0.25, 0.3) is 5.56 Å². The largest absolute Gasteiger partial charge is 1.00 e. The first-order valence-corrected chi connectivity index (χ1v) is 4.24. The Hall–Kier alpha value is -0.940. The van der Waals surface area contributed by atoms with Gasteiger partial charge in [0.05, 0.1) is 34.2 Å². The Balaban J connectivity index is 0.00000169. The molecule has 1 aromatic rings. The SMILES string of the molecule is C[N+](C)(C)CCn1[nH]cc(N)c1=O.[Cl-]. The number of anilines is 1. The van der Waals surface area contributed by atoms with Crippen molar-refractivity contribution in [2.24, 2.45) is 0 Å². The molecular weight excluding hydrogens is 204 g/mol. The highest BCUT2D eigenvalue weighted by molar-refractivity contribution is 5.30. The van der Waals surface area contributed by atoms with Crippen LogP contribution in [0.5, 0.6) is 0 Å². The van der Waals surface area contributed by atoms with E-state index in [0.717, 1.165) is 11.0 Å². The molecule has 1 aromatic heterocycles. The smallest absolute Gasteiger partial charge is 0.289 e. The molecule has 0 saturated carbocycles. The predicted molar refractivity (Wildman–Crippen MR) is 52.4 cm³/mol. The van der Waals surface area contributed by atoms with Crippen molar-refractivity contribution in [2.45, 2.75) is 6.54 Å². The number of aromatic amines is 1. The molecule has 0 aliphatic rings. The molecule has 0 radical (unpaired) electrons. The second-order valence-electron chi connectivity index (χ2n) is 4.20. The van der Waals surface area contributed by atoms with Crippen LogP contribution in [0.15, 0.2) is 11.0 Å². The summed E-state index contributed by atoms with van der Waals surface area (Å²) in [5.41, 5.74) is 5.56. The highest BCUT2D eigenvalue weighted by Gasteiger charge is 2.09. The van der Waals surface area contributed by atoms with E-state index in [-0.39, 0.29) is 23.7 Å². The zero-order valence-electron chi connectivity index (χ0n) is 8.75. The fraction of sp³-hybridized carbons (Fsp3) is 0.625.